The molecule has 1 saturated carbocycles. The van der Waals surface area contributed by atoms with Gasteiger partial charge in [0.15, 0.2) is 11.6 Å². The second-order valence-electron chi connectivity index (χ2n) is 9.09. The van der Waals surface area contributed by atoms with E-state index in [0.29, 0.717) is 29.4 Å². The average Bonchev–Trinajstić information content (AvgIpc) is 3.02. The summed E-state index contributed by atoms with van der Waals surface area (Å²) in [5, 5.41) is 13.4. The lowest BCUT2D eigenvalue weighted by atomic mass is 9.56. The van der Waals surface area contributed by atoms with Crippen LogP contribution >= 0.6 is 11.6 Å². The minimum Gasteiger partial charge on any atom is -0.359 e. The van der Waals surface area contributed by atoms with E-state index < -0.39 is 0 Å². The number of benzene rings is 1. The van der Waals surface area contributed by atoms with E-state index >= 15 is 0 Å². The molecule has 4 heterocycles. The molecule has 0 unspecified atom stereocenters. The van der Waals surface area contributed by atoms with Crippen LogP contribution in [0.5, 0.6) is 0 Å². The molecule has 7 nitrogen and oxygen atoms in total. The molecule has 1 aromatic carbocycles. The molecule has 0 atom stereocenters. The maximum Gasteiger partial charge on any atom is 0.220 e. The van der Waals surface area contributed by atoms with Gasteiger partial charge >= 0.3 is 0 Å². The van der Waals surface area contributed by atoms with Gasteiger partial charge in [-0.25, -0.2) is 0 Å². The van der Waals surface area contributed by atoms with E-state index in [-0.39, 0.29) is 5.91 Å². The number of aromatic nitrogens is 3. The highest BCUT2D eigenvalue weighted by Crippen LogP contribution is 2.58. The maximum absolute atomic E-state index is 12.2. The van der Waals surface area contributed by atoms with Crippen molar-refractivity contribution in [3.8, 4) is 11.1 Å². The van der Waals surface area contributed by atoms with Crippen LogP contribution in [0.25, 0.3) is 11.1 Å². The van der Waals surface area contributed by atoms with Crippen molar-refractivity contribution in [1.29, 1.82) is 0 Å². The van der Waals surface area contributed by atoms with Gasteiger partial charge in [-0.2, -0.15) is 5.10 Å². The van der Waals surface area contributed by atoms with Crippen LogP contribution < -0.4 is 4.90 Å². The molecule has 3 aromatic rings. The zero-order valence-corrected chi connectivity index (χ0v) is 18.0. The number of hydrogen-bond donors (Lipinski definition) is 0. The molecule has 2 aromatic heterocycles. The molecule has 2 fully saturated rings. The first-order valence-corrected chi connectivity index (χ1v) is 10.9. The van der Waals surface area contributed by atoms with E-state index in [2.05, 4.69) is 20.3 Å². The predicted octanol–water partition coefficient (Wildman–Crippen LogP) is 4.03. The Morgan fingerprint density at radius 3 is 2.81 bits per heavy atom. The SMILES string of the molecule is CC(=O)N1Cc2cc(Cl)ccc2-c2c(C3CC4(C3)CN(c3cccnn3)C4)noc2C1. The Bertz CT molecular complexity index is 1160. The zero-order valence-electron chi connectivity index (χ0n) is 17.2. The third-order valence-electron chi connectivity index (χ3n) is 6.95. The minimum atomic E-state index is 0.0119. The van der Waals surface area contributed by atoms with Crippen LogP contribution in [0.1, 0.15) is 42.7 Å². The lowest BCUT2D eigenvalue weighted by molar-refractivity contribution is -0.130. The standard InChI is InChI=1S/C23H22ClN5O2/c1-14(30)28-10-15-7-17(24)4-5-18(15)21-19(11-28)31-27-22(21)16-8-23(9-16)12-29(13-23)20-3-2-6-25-26-20/h2-7,16H,8-13H2,1H3. The number of carbonyl (C=O) groups excluding carboxylic acids is 1. The van der Waals surface area contributed by atoms with Gasteiger partial charge in [-0.05, 0) is 48.2 Å². The van der Waals surface area contributed by atoms with E-state index in [9.17, 15) is 4.79 Å². The highest BCUT2D eigenvalue weighted by Gasteiger charge is 2.54. The molecule has 0 bridgehead atoms. The van der Waals surface area contributed by atoms with E-state index in [1.807, 2.05) is 30.3 Å². The molecular weight excluding hydrogens is 414 g/mol. The monoisotopic (exact) mass is 435 g/mol. The number of hydrogen-bond acceptors (Lipinski definition) is 6. The Morgan fingerprint density at radius 1 is 1.23 bits per heavy atom. The number of amides is 1. The van der Waals surface area contributed by atoms with Crippen molar-refractivity contribution in [3.63, 3.8) is 0 Å². The summed E-state index contributed by atoms with van der Waals surface area (Å²) in [5.41, 5.74) is 4.52. The van der Waals surface area contributed by atoms with Crippen LogP contribution in [0, 0.1) is 5.41 Å². The van der Waals surface area contributed by atoms with E-state index in [4.69, 9.17) is 16.1 Å². The quantitative estimate of drug-likeness (QED) is 0.605. The van der Waals surface area contributed by atoms with Crippen molar-refractivity contribution in [2.75, 3.05) is 18.0 Å². The lowest BCUT2D eigenvalue weighted by Gasteiger charge is -2.59. The van der Waals surface area contributed by atoms with Gasteiger partial charge in [0.1, 0.15) is 0 Å². The van der Waals surface area contributed by atoms with Crippen LogP contribution in [0.2, 0.25) is 5.02 Å². The van der Waals surface area contributed by atoms with Crippen molar-refractivity contribution in [1.82, 2.24) is 20.3 Å². The fraction of sp³-hybridized carbons (Fsp3) is 0.391. The highest BCUT2D eigenvalue weighted by atomic mass is 35.5. The van der Waals surface area contributed by atoms with Crippen molar-refractivity contribution < 1.29 is 9.32 Å². The molecule has 6 rings (SSSR count). The molecule has 1 spiro atoms. The molecule has 3 aliphatic rings. The number of rotatable bonds is 2. The van der Waals surface area contributed by atoms with Gasteiger partial charge in [-0.1, -0.05) is 22.8 Å². The molecule has 1 aliphatic carbocycles. The van der Waals surface area contributed by atoms with Gasteiger partial charge in [0.25, 0.3) is 0 Å². The average molecular weight is 436 g/mol. The first-order chi connectivity index (χ1) is 15.0. The van der Waals surface area contributed by atoms with Crippen molar-refractivity contribution >= 4 is 23.3 Å². The van der Waals surface area contributed by atoms with Crippen molar-refractivity contribution in [2.45, 2.75) is 38.8 Å². The molecule has 158 valence electrons. The van der Waals surface area contributed by atoms with Crippen LogP contribution in [0.3, 0.4) is 0 Å². The Morgan fingerprint density at radius 2 is 2.06 bits per heavy atom. The molecular formula is C23H22ClN5O2. The second kappa shape index (κ2) is 6.79. The largest absolute Gasteiger partial charge is 0.359 e. The predicted molar refractivity (Wildman–Crippen MR) is 116 cm³/mol. The Balaban J connectivity index is 1.27. The molecule has 0 radical (unpaired) electrons. The van der Waals surface area contributed by atoms with Gasteiger partial charge in [-0.15, -0.1) is 5.10 Å². The van der Waals surface area contributed by atoms with E-state index in [1.54, 1.807) is 18.0 Å². The van der Waals surface area contributed by atoms with Gasteiger partial charge in [0.05, 0.1) is 17.8 Å². The number of fused-ring (bicyclic) bond motifs is 3. The summed E-state index contributed by atoms with van der Waals surface area (Å²) >= 11 is 6.27. The van der Waals surface area contributed by atoms with Crippen LogP contribution in [-0.4, -0.2) is 39.3 Å². The lowest BCUT2D eigenvalue weighted by Crippen LogP contribution is -2.62. The molecule has 0 N–H and O–H groups in total. The Kier molecular flexibility index (Phi) is 4.12. The number of halogens is 1. The minimum absolute atomic E-state index is 0.0119. The van der Waals surface area contributed by atoms with Gasteiger partial charge in [0.2, 0.25) is 5.91 Å². The fourth-order valence-electron chi connectivity index (χ4n) is 5.43. The third kappa shape index (κ3) is 3.02. The summed E-state index contributed by atoms with van der Waals surface area (Å²) in [4.78, 5) is 16.2. The summed E-state index contributed by atoms with van der Waals surface area (Å²) in [5.74, 6) is 2.09. The summed E-state index contributed by atoms with van der Waals surface area (Å²) in [6.45, 7) is 4.56. The van der Waals surface area contributed by atoms with Crippen LogP contribution in [0.4, 0.5) is 5.82 Å². The normalized spacial score (nSPS) is 19.3. The number of carbonyl (C=O) groups is 1. The molecule has 1 saturated heterocycles. The summed E-state index contributed by atoms with van der Waals surface area (Å²) in [6, 6.07) is 9.82. The molecule has 1 amide bonds. The summed E-state index contributed by atoms with van der Waals surface area (Å²) in [6.07, 6.45) is 3.87. The fourth-order valence-corrected chi connectivity index (χ4v) is 5.63. The van der Waals surface area contributed by atoms with Gasteiger partial charge < -0.3 is 14.3 Å². The number of nitrogens with zero attached hydrogens (tertiary/aromatic N) is 5. The molecule has 31 heavy (non-hydrogen) atoms. The third-order valence-corrected chi connectivity index (χ3v) is 7.18. The Hall–Kier alpha value is -2.93. The number of anilines is 1. The highest BCUT2D eigenvalue weighted by molar-refractivity contribution is 6.30. The van der Waals surface area contributed by atoms with E-state index in [0.717, 1.165) is 59.9 Å². The van der Waals surface area contributed by atoms with Gasteiger partial charge in [-0.3, -0.25) is 4.79 Å². The van der Waals surface area contributed by atoms with Crippen molar-refractivity contribution in [2.24, 2.45) is 5.41 Å². The first kappa shape index (κ1) is 18.8. The van der Waals surface area contributed by atoms with Crippen LogP contribution in [-0.2, 0) is 17.9 Å². The second-order valence-corrected chi connectivity index (χ2v) is 9.52. The molecule has 2 aliphatic heterocycles. The Labute approximate surface area is 185 Å². The first-order valence-electron chi connectivity index (χ1n) is 10.6. The molecule has 8 heteroatoms. The van der Waals surface area contributed by atoms with Gasteiger partial charge in [0, 0.05) is 49.1 Å². The summed E-state index contributed by atoms with van der Waals surface area (Å²) in [7, 11) is 0. The smallest absolute Gasteiger partial charge is 0.220 e. The zero-order chi connectivity index (χ0) is 21.2. The summed E-state index contributed by atoms with van der Waals surface area (Å²) < 4.78 is 5.80. The topological polar surface area (TPSA) is 75.4 Å². The van der Waals surface area contributed by atoms with Crippen LogP contribution in [0.15, 0.2) is 41.1 Å². The van der Waals surface area contributed by atoms with Crippen molar-refractivity contribution in [3.05, 3.63) is 58.6 Å². The van der Waals surface area contributed by atoms with E-state index in [1.165, 1.54) is 0 Å². The maximum atomic E-state index is 12.2.